The van der Waals surface area contributed by atoms with Gasteiger partial charge in [0.05, 0.1) is 17.9 Å². The van der Waals surface area contributed by atoms with Gasteiger partial charge in [0, 0.05) is 40.8 Å². The first-order valence-corrected chi connectivity index (χ1v) is 18.9. The van der Waals surface area contributed by atoms with Crippen LogP contribution >= 0.6 is 23.1 Å². The van der Waals surface area contributed by atoms with Crippen molar-refractivity contribution in [2.24, 2.45) is 11.3 Å². The van der Waals surface area contributed by atoms with Gasteiger partial charge >= 0.3 is 5.97 Å². The second-order valence-electron chi connectivity index (χ2n) is 14.1. The summed E-state index contributed by atoms with van der Waals surface area (Å²) in [6, 6.07) is 23.5. The standard InChI is InChI=1S/C41H46N4O5S2/c1-25(36(46)44-39-35(40(49)50-7)32-21-18-28(41(2,3)4)23-34(32)52-39)51-31-15-11-14-29(24-31)42-38(48)33(43-37(47)27-12-9-8-10-13-27)22-26-16-19-30(20-17-26)45(5)6/h8-17,19-20,22,24-25,28H,18,21,23H2,1-7H3,(H,42,48)(H,43,47)(H,44,46)/b33-22+. The molecule has 11 heteroatoms. The Kier molecular flexibility index (Phi) is 12.3. The highest BCUT2D eigenvalue weighted by Gasteiger charge is 2.34. The van der Waals surface area contributed by atoms with Crippen LogP contribution in [0.2, 0.25) is 0 Å². The third kappa shape index (κ3) is 9.51. The van der Waals surface area contributed by atoms with Crippen LogP contribution in [0.4, 0.5) is 16.4 Å². The molecule has 5 rings (SSSR count). The van der Waals surface area contributed by atoms with E-state index in [1.54, 1.807) is 55.5 Å². The molecular weight excluding hydrogens is 693 g/mol. The largest absolute Gasteiger partial charge is 0.465 e. The lowest BCUT2D eigenvalue weighted by molar-refractivity contribution is -0.115. The number of carbonyl (C=O) groups excluding carboxylic acids is 4. The molecule has 1 aliphatic rings. The SMILES string of the molecule is COC(=O)c1c(NC(=O)C(C)Sc2cccc(NC(=O)/C(=C\c3ccc(N(C)C)cc3)NC(=O)c3ccccc3)c2)sc2c1CCC(C(C)(C)C)C2. The summed E-state index contributed by atoms with van der Waals surface area (Å²) in [6.45, 7) is 8.52. The number of carbonyl (C=O) groups is 4. The van der Waals surface area contributed by atoms with Gasteiger partial charge in [0.1, 0.15) is 10.7 Å². The molecule has 52 heavy (non-hydrogen) atoms. The molecule has 1 aliphatic carbocycles. The number of fused-ring (bicyclic) bond motifs is 1. The molecule has 1 aromatic heterocycles. The van der Waals surface area contributed by atoms with Gasteiger partial charge in [-0.25, -0.2) is 4.79 Å². The predicted molar refractivity (Wildman–Crippen MR) is 212 cm³/mol. The number of thioether (sulfide) groups is 1. The lowest BCUT2D eigenvalue weighted by Crippen LogP contribution is -2.30. The molecule has 2 atom stereocenters. The Labute approximate surface area is 314 Å². The summed E-state index contributed by atoms with van der Waals surface area (Å²) in [5, 5.41) is 8.71. The maximum absolute atomic E-state index is 13.7. The number of hydrogen-bond donors (Lipinski definition) is 3. The molecule has 3 amide bonds. The molecular formula is C41H46N4O5S2. The van der Waals surface area contributed by atoms with E-state index in [0.29, 0.717) is 27.7 Å². The van der Waals surface area contributed by atoms with Crippen molar-refractivity contribution in [2.75, 3.05) is 36.7 Å². The van der Waals surface area contributed by atoms with E-state index in [0.717, 1.165) is 45.8 Å². The van der Waals surface area contributed by atoms with Crippen molar-refractivity contribution in [3.8, 4) is 0 Å². The highest BCUT2D eigenvalue weighted by atomic mass is 32.2. The smallest absolute Gasteiger partial charge is 0.341 e. The van der Waals surface area contributed by atoms with Crippen LogP contribution in [0.25, 0.3) is 6.08 Å². The number of amides is 3. The Morgan fingerprint density at radius 3 is 2.33 bits per heavy atom. The Balaban J connectivity index is 1.30. The van der Waals surface area contributed by atoms with Gasteiger partial charge in [0.2, 0.25) is 5.91 Å². The van der Waals surface area contributed by atoms with Gasteiger partial charge in [-0.2, -0.15) is 0 Å². The maximum atomic E-state index is 13.7. The van der Waals surface area contributed by atoms with Crippen molar-refractivity contribution in [2.45, 2.75) is 57.1 Å². The molecule has 1 heterocycles. The molecule has 3 N–H and O–H groups in total. The summed E-state index contributed by atoms with van der Waals surface area (Å²) in [5.41, 5.74) is 4.32. The average Bonchev–Trinajstić information content (AvgIpc) is 3.48. The van der Waals surface area contributed by atoms with Crippen molar-refractivity contribution < 1.29 is 23.9 Å². The van der Waals surface area contributed by atoms with Crippen LogP contribution in [0.5, 0.6) is 0 Å². The highest BCUT2D eigenvalue weighted by molar-refractivity contribution is 8.00. The van der Waals surface area contributed by atoms with Crippen molar-refractivity contribution in [3.63, 3.8) is 0 Å². The maximum Gasteiger partial charge on any atom is 0.341 e. The van der Waals surface area contributed by atoms with Gasteiger partial charge < -0.3 is 25.6 Å². The number of hydrogen-bond acceptors (Lipinski definition) is 8. The summed E-state index contributed by atoms with van der Waals surface area (Å²) in [5.74, 6) is -1.11. The molecule has 0 saturated heterocycles. The Hall–Kier alpha value is -4.87. The van der Waals surface area contributed by atoms with E-state index in [2.05, 4.69) is 36.7 Å². The Morgan fingerprint density at radius 2 is 1.67 bits per heavy atom. The van der Waals surface area contributed by atoms with Gasteiger partial charge in [-0.15, -0.1) is 23.1 Å². The molecule has 0 saturated carbocycles. The van der Waals surface area contributed by atoms with Gasteiger partial charge in [0.25, 0.3) is 11.8 Å². The van der Waals surface area contributed by atoms with E-state index >= 15 is 0 Å². The van der Waals surface area contributed by atoms with Crippen LogP contribution in [0.15, 0.2) is 89.5 Å². The third-order valence-corrected chi connectivity index (χ3v) is 11.4. The zero-order valence-corrected chi connectivity index (χ0v) is 32.3. The van der Waals surface area contributed by atoms with E-state index in [1.807, 2.05) is 55.4 Å². The van der Waals surface area contributed by atoms with Gasteiger partial charge in [-0.1, -0.05) is 57.2 Å². The zero-order valence-electron chi connectivity index (χ0n) is 30.7. The van der Waals surface area contributed by atoms with Crippen LogP contribution < -0.4 is 20.9 Å². The number of nitrogens with zero attached hydrogens (tertiary/aromatic N) is 1. The third-order valence-electron chi connectivity index (χ3n) is 9.14. The molecule has 0 bridgehead atoms. The molecule has 0 aliphatic heterocycles. The summed E-state index contributed by atoms with van der Waals surface area (Å²) in [4.78, 5) is 57.0. The predicted octanol–water partition coefficient (Wildman–Crippen LogP) is 8.28. The van der Waals surface area contributed by atoms with E-state index in [-0.39, 0.29) is 17.0 Å². The molecule has 2 unspecified atom stereocenters. The fourth-order valence-corrected chi connectivity index (χ4v) is 8.27. The van der Waals surface area contributed by atoms with Crippen LogP contribution in [0.3, 0.4) is 0 Å². The van der Waals surface area contributed by atoms with E-state index in [4.69, 9.17) is 4.74 Å². The average molecular weight is 739 g/mol. The minimum atomic E-state index is -0.524. The monoisotopic (exact) mass is 738 g/mol. The Morgan fingerprint density at radius 1 is 0.962 bits per heavy atom. The lowest BCUT2D eigenvalue weighted by Gasteiger charge is -2.33. The number of nitrogens with one attached hydrogen (secondary N) is 3. The highest BCUT2D eigenvalue weighted by Crippen LogP contribution is 2.44. The van der Waals surface area contributed by atoms with E-state index < -0.39 is 23.0 Å². The molecule has 0 spiro atoms. The van der Waals surface area contributed by atoms with Crippen LogP contribution in [-0.2, 0) is 27.2 Å². The molecule has 272 valence electrons. The van der Waals surface area contributed by atoms with Gasteiger partial charge in [-0.05, 0) is 97.2 Å². The topological polar surface area (TPSA) is 117 Å². The summed E-state index contributed by atoms with van der Waals surface area (Å²) >= 11 is 2.80. The number of methoxy groups -OCH3 is 1. The number of esters is 1. The first kappa shape index (κ1) is 38.4. The number of anilines is 3. The molecule has 0 radical (unpaired) electrons. The molecule has 4 aromatic rings. The Bertz CT molecular complexity index is 1960. The summed E-state index contributed by atoms with van der Waals surface area (Å²) < 4.78 is 5.13. The number of thiophene rings is 1. The van der Waals surface area contributed by atoms with Crippen molar-refractivity contribution >= 4 is 69.2 Å². The first-order chi connectivity index (χ1) is 24.7. The second-order valence-corrected chi connectivity index (χ2v) is 16.6. The van der Waals surface area contributed by atoms with Crippen LogP contribution in [0, 0.1) is 11.3 Å². The minimum absolute atomic E-state index is 0.0751. The quantitative estimate of drug-likeness (QED) is 0.0806. The normalized spacial score (nSPS) is 14.8. The van der Waals surface area contributed by atoms with Crippen molar-refractivity contribution in [1.82, 2.24) is 5.32 Å². The van der Waals surface area contributed by atoms with Gasteiger partial charge in [-0.3, -0.25) is 14.4 Å². The van der Waals surface area contributed by atoms with Crippen molar-refractivity contribution in [3.05, 3.63) is 112 Å². The van der Waals surface area contributed by atoms with Gasteiger partial charge in [0.15, 0.2) is 0 Å². The summed E-state index contributed by atoms with van der Waals surface area (Å²) in [6.07, 6.45) is 4.24. The van der Waals surface area contributed by atoms with Crippen molar-refractivity contribution in [1.29, 1.82) is 0 Å². The number of rotatable bonds is 11. The first-order valence-electron chi connectivity index (χ1n) is 17.2. The molecule has 0 fully saturated rings. The minimum Gasteiger partial charge on any atom is -0.465 e. The lowest BCUT2D eigenvalue weighted by atomic mass is 9.72. The summed E-state index contributed by atoms with van der Waals surface area (Å²) in [7, 11) is 5.26. The molecule has 3 aromatic carbocycles. The fourth-order valence-electron chi connectivity index (χ4n) is 6.03. The fraction of sp³-hybridized carbons (Fsp3) is 0.317. The number of ether oxygens (including phenoxy) is 1. The number of benzene rings is 3. The van der Waals surface area contributed by atoms with E-state index in [9.17, 15) is 19.2 Å². The zero-order chi connectivity index (χ0) is 37.6. The van der Waals surface area contributed by atoms with Crippen LogP contribution in [-0.4, -0.2) is 50.1 Å². The molecule has 9 nitrogen and oxygen atoms in total. The van der Waals surface area contributed by atoms with E-state index in [1.165, 1.54) is 30.2 Å². The second kappa shape index (κ2) is 16.6. The van der Waals surface area contributed by atoms with Crippen LogP contribution in [0.1, 0.15) is 70.8 Å².